The minimum absolute atomic E-state index is 0.0666. The van der Waals surface area contributed by atoms with Gasteiger partial charge in [-0.05, 0) is 50.1 Å². The lowest BCUT2D eigenvalue weighted by Crippen LogP contribution is -1.96. The van der Waals surface area contributed by atoms with E-state index in [1.165, 1.54) is 23.3 Å². The van der Waals surface area contributed by atoms with E-state index in [4.69, 9.17) is 4.55 Å². The molecule has 108 valence electrons. The summed E-state index contributed by atoms with van der Waals surface area (Å²) in [6.07, 6.45) is 0. The summed E-state index contributed by atoms with van der Waals surface area (Å²) in [6.45, 7) is 6.01. The summed E-state index contributed by atoms with van der Waals surface area (Å²) in [4.78, 5) is 1.01. The van der Waals surface area contributed by atoms with Crippen LogP contribution in [0.5, 0.6) is 0 Å². The number of rotatable bonds is 1. The van der Waals surface area contributed by atoms with Crippen LogP contribution in [0.2, 0.25) is 0 Å². The second kappa shape index (κ2) is 6.92. The van der Waals surface area contributed by atoms with Gasteiger partial charge in [0.1, 0.15) is 0 Å². The lowest BCUT2D eigenvalue weighted by Gasteiger charge is -2.00. The van der Waals surface area contributed by atoms with Gasteiger partial charge in [-0.25, -0.2) is 0 Å². The van der Waals surface area contributed by atoms with Crippen molar-refractivity contribution in [3.8, 4) is 0 Å². The van der Waals surface area contributed by atoms with Crippen molar-refractivity contribution in [1.29, 1.82) is 0 Å². The molecule has 0 unspecified atom stereocenters. The summed E-state index contributed by atoms with van der Waals surface area (Å²) in [5, 5.41) is 0. The van der Waals surface area contributed by atoms with Gasteiger partial charge in [0.2, 0.25) is 0 Å². The quantitative estimate of drug-likeness (QED) is 0.621. The Bertz CT molecular complexity index is 655. The summed E-state index contributed by atoms with van der Waals surface area (Å²) < 4.78 is 29.6. The van der Waals surface area contributed by atoms with Crippen molar-refractivity contribution in [2.75, 3.05) is 0 Å². The van der Waals surface area contributed by atoms with Crippen LogP contribution in [-0.4, -0.2) is 13.0 Å². The van der Waals surface area contributed by atoms with Crippen LogP contribution < -0.4 is 0 Å². The zero-order chi connectivity index (χ0) is 15.3. The van der Waals surface area contributed by atoms with Crippen LogP contribution in [0.4, 0.5) is 0 Å². The lowest BCUT2D eigenvalue weighted by atomic mass is 10.1. The fourth-order valence-corrected chi connectivity index (χ4v) is 2.19. The van der Waals surface area contributed by atoms with Gasteiger partial charge in [0.05, 0.1) is 4.90 Å². The Kier molecular flexibility index (Phi) is 5.80. The Balaban J connectivity index is 0.000000204. The van der Waals surface area contributed by atoms with Crippen molar-refractivity contribution in [2.24, 2.45) is 0 Å². The topological polar surface area (TPSA) is 54.4 Å². The van der Waals surface area contributed by atoms with E-state index in [0.29, 0.717) is 0 Å². The summed E-state index contributed by atoms with van der Waals surface area (Å²) in [6, 6.07) is 12.1. The van der Waals surface area contributed by atoms with Gasteiger partial charge in [-0.2, -0.15) is 8.42 Å². The average molecular weight is 310 g/mol. The van der Waals surface area contributed by atoms with Gasteiger partial charge in [-0.15, -0.1) is 12.6 Å². The smallest absolute Gasteiger partial charge is 0.282 e. The fraction of sp³-hybridized carbons (Fsp3) is 0.200. The van der Waals surface area contributed by atoms with E-state index in [1.807, 2.05) is 19.1 Å². The molecular weight excluding hydrogens is 292 g/mol. The summed E-state index contributed by atoms with van der Waals surface area (Å²) >= 11 is 4.27. The molecule has 5 heteroatoms. The predicted octanol–water partition coefficient (Wildman–Crippen LogP) is 3.83. The van der Waals surface area contributed by atoms with Crippen LogP contribution in [0, 0.1) is 20.8 Å². The van der Waals surface area contributed by atoms with Gasteiger partial charge in [0.15, 0.2) is 0 Å². The highest BCUT2D eigenvalue weighted by atomic mass is 32.2. The number of thiol groups is 1. The molecule has 0 saturated carbocycles. The van der Waals surface area contributed by atoms with E-state index < -0.39 is 10.1 Å². The molecule has 3 nitrogen and oxygen atoms in total. The van der Waals surface area contributed by atoms with Crippen molar-refractivity contribution in [3.05, 3.63) is 59.2 Å². The second-order valence-electron chi connectivity index (χ2n) is 4.51. The lowest BCUT2D eigenvalue weighted by molar-refractivity contribution is 0.483. The average Bonchev–Trinajstić information content (AvgIpc) is 2.36. The van der Waals surface area contributed by atoms with Gasteiger partial charge >= 0.3 is 0 Å². The largest absolute Gasteiger partial charge is 0.294 e. The first-order chi connectivity index (χ1) is 9.21. The molecule has 20 heavy (non-hydrogen) atoms. The molecule has 0 atom stereocenters. The third-order valence-corrected chi connectivity index (χ3v) is 4.25. The second-order valence-corrected chi connectivity index (χ2v) is 6.41. The van der Waals surface area contributed by atoms with E-state index in [9.17, 15) is 8.42 Å². The van der Waals surface area contributed by atoms with Gasteiger partial charge in [-0.3, -0.25) is 4.55 Å². The molecule has 0 aliphatic rings. The number of aryl methyl sites for hydroxylation is 2. The van der Waals surface area contributed by atoms with E-state index >= 15 is 0 Å². The zero-order valence-corrected chi connectivity index (χ0v) is 13.4. The van der Waals surface area contributed by atoms with Crippen molar-refractivity contribution < 1.29 is 13.0 Å². The molecule has 0 amide bonds. The monoisotopic (exact) mass is 310 g/mol. The Labute approximate surface area is 125 Å². The highest BCUT2D eigenvalue weighted by molar-refractivity contribution is 7.85. The Morgan fingerprint density at radius 1 is 0.950 bits per heavy atom. The predicted molar refractivity (Wildman–Crippen MR) is 84.2 cm³/mol. The third kappa shape index (κ3) is 5.00. The molecule has 2 aromatic rings. The SMILES string of the molecule is Cc1ccc(S(=O)(=O)O)cc1.Cc1cccc(S)c1C. The van der Waals surface area contributed by atoms with Crippen molar-refractivity contribution in [2.45, 2.75) is 30.6 Å². The maximum Gasteiger partial charge on any atom is 0.294 e. The first-order valence-corrected chi connectivity index (χ1v) is 7.90. The van der Waals surface area contributed by atoms with Crippen LogP contribution in [-0.2, 0) is 10.1 Å². The standard InChI is InChI=1S/C8H10S.C7H8O3S/c1-6-4-3-5-8(9)7(6)2;1-6-2-4-7(5-3-6)11(8,9)10/h3-5,9H,1-2H3;2-5H,1H3,(H,8,9,10). The Morgan fingerprint density at radius 3 is 1.90 bits per heavy atom. The molecule has 0 aromatic heterocycles. The number of benzene rings is 2. The highest BCUT2D eigenvalue weighted by Gasteiger charge is 2.06. The molecule has 0 aliphatic heterocycles. The molecule has 0 aliphatic carbocycles. The van der Waals surface area contributed by atoms with Gasteiger partial charge < -0.3 is 0 Å². The van der Waals surface area contributed by atoms with Gasteiger partial charge in [0.25, 0.3) is 10.1 Å². The maximum atomic E-state index is 10.5. The van der Waals surface area contributed by atoms with Crippen LogP contribution in [0.15, 0.2) is 52.3 Å². The minimum atomic E-state index is -4.02. The van der Waals surface area contributed by atoms with Gasteiger partial charge in [-0.1, -0.05) is 29.8 Å². The molecular formula is C15H18O3S2. The van der Waals surface area contributed by atoms with Crippen molar-refractivity contribution >= 4 is 22.7 Å². The first-order valence-electron chi connectivity index (χ1n) is 6.01. The molecule has 2 aromatic carbocycles. The third-order valence-electron chi connectivity index (χ3n) is 2.89. The number of hydrogen-bond acceptors (Lipinski definition) is 3. The summed E-state index contributed by atoms with van der Waals surface area (Å²) in [5.74, 6) is 0. The molecule has 2 rings (SSSR count). The van der Waals surface area contributed by atoms with Gasteiger partial charge in [0, 0.05) is 4.90 Å². The Hall–Kier alpha value is -1.30. The molecule has 1 N–H and O–H groups in total. The van der Waals surface area contributed by atoms with Crippen LogP contribution in [0.3, 0.4) is 0 Å². The first kappa shape index (κ1) is 16.8. The minimum Gasteiger partial charge on any atom is -0.282 e. The van der Waals surface area contributed by atoms with E-state index in [0.717, 1.165) is 10.5 Å². The van der Waals surface area contributed by atoms with Crippen LogP contribution in [0.25, 0.3) is 0 Å². The van der Waals surface area contributed by atoms with Crippen molar-refractivity contribution in [3.63, 3.8) is 0 Å². The number of hydrogen-bond donors (Lipinski definition) is 2. The van der Waals surface area contributed by atoms with Crippen molar-refractivity contribution in [1.82, 2.24) is 0 Å². The molecule has 0 heterocycles. The normalized spacial score (nSPS) is 10.7. The van der Waals surface area contributed by atoms with Crippen LogP contribution in [0.1, 0.15) is 16.7 Å². The van der Waals surface area contributed by atoms with E-state index in [-0.39, 0.29) is 4.90 Å². The molecule has 0 fully saturated rings. The molecule has 0 saturated heterocycles. The molecule has 0 radical (unpaired) electrons. The fourth-order valence-electron chi connectivity index (χ4n) is 1.45. The summed E-state index contributed by atoms with van der Waals surface area (Å²) in [7, 11) is -4.02. The summed E-state index contributed by atoms with van der Waals surface area (Å²) in [5.41, 5.74) is 3.54. The Morgan fingerprint density at radius 2 is 1.50 bits per heavy atom. The maximum absolute atomic E-state index is 10.5. The zero-order valence-electron chi connectivity index (χ0n) is 11.7. The molecule has 0 bridgehead atoms. The molecule has 0 spiro atoms. The van der Waals surface area contributed by atoms with E-state index in [2.05, 4.69) is 32.5 Å². The van der Waals surface area contributed by atoms with E-state index in [1.54, 1.807) is 12.1 Å². The highest BCUT2D eigenvalue weighted by Crippen LogP contribution is 2.15. The van der Waals surface area contributed by atoms with Crippen LogP contribution >= 0.6 is 12.6 Å².